The molecule has 1 aromatic carbocycles. The molecule has 0 aliphatic heterocycles. The SMILES string of the molecule is CCCCN(C)c1nc(C)cc(Nc2ccc(OC)cc2)n1. The molecule has 1 N–H and O–H groups in total. The quantitative estimate of drug-likeness (QED) is 0.843. The first-order chi connectivity index (χ1) is 10.6. The average molecular weight is 300 g/mol. The minimum absolute atomic E-state index is 0.754. The lowest BCUT2D eigenvalue weighted by atomic mass is 10.3. The third kappa shape index (κ3) is 4.35. The van der Waals surface area contributed by atoms with Crippen LogP contribution in [0, 0.1) is 6.92 Å². The van der Waals surface area contributed by atoms with Gasteiger partial charge < -0.3 is 15.0 Å². The molecule has 1 heterocycles. The van der Waals surface area contributed by atoms with Gasteiger partial charge >= 0.3 is 0 Å². The van der Waals surface area contributed by atoms with Crippen LogP contribution in [0.25, 0.3) is 0 Å². The highest BCUT2D eigenvalue weighted by molar-refractivity contribution is 5.58. The smallest absolute Gasteiger partial charge is 0.227 e. The van der Waals surface area contributed by atoms with Crippen molar-refractivity contribution in [3.63, 3.8) is 0 Å². The average Bonchev–Trinajstić information content (AvgIpc) is 2.52. The van der Waals surface area contributed by atoms with E-state index >= 15 is 0 Å². The van der Waals surface area contributed by atoms with Crippen LogP contribution in [0.15, 0.2) is 30.3 Å². The van der Waals surface area contributed by atoms with Crippen molar-refractivity contribution in [1.29, 1.82) is 0 Å². The maximum Gasteiger partial charge on any atom is 0.227 e. The summed E-state index contributed by atoms with van der Waals surface area (Å²) in [4.78, 5) is 11.2. The molecular formula is C17H24N4O. The van der Waals surface area contributed by atoms with E-state index in [1.165, 1.54) is 0 Å². The first kappa shape index (κ1) is 16.1. The summed E-state index contributed by atoms with van der Waals surface area (Å²) >= 11 is 0. The Morgan fingerprint density at radius 3 is 2.55 bits per heavy atom. The minimum atomic E-state index is 0.754. The van der Waals surface area contributed by atoms with Crippen LogP contribution in [0.1, 0.15) is 25.5 Å². The van der Waals surface area contributed by atoms with Gasteiger partial charge in [0, 0.05) is 31.0 Å². The Balaban J connectivity index is 2.14. The molecule has 2 aromatic rings. The molecule has 0 amide bonds. The topological polar surface area (TPSA) is 50.3 Å². The first-order valence-electron chi connectivity index (χ1n) is 7.60. The van der Waals surface area contributed by atoms with E-state index in [2.05, 4.69) is 27.1 Å². The van der Waals surface area contributed by atoms with Crippen LogP contribution in [-0.2, 0) is 0 Å². The normalized spacial score (nSPS) is 10.4. The molecule has 22 heavy (non-hydrogen) atoms. The Hall–Kier alpha value is -2.30. The summed E-state index contributed by atoms with van der Waals surface area (Å²) in [6.07, 6.45) is 2.29. The summed E-state index contributed by atoms with van der Waals surface area (Å²) in [5.41, 5.74) is 1.92. The number of benzene rings is 1. The van der Waals surface area contributed by atoms with Crippen LogP contribution >= 0.6 is 0 Å². The number of aromatic nitrogens is 2. The van der Waals surface area contributed by atoms with Crippen molar-refractivity contribution in [1.82, 2.24) is 9.97 Å². The van der Waals surface area contributed by atoms with E-state index in [1.807, 2.05) is 44.3 Å². The number of anilines is 3. The van der Waals surface area contributed by atoms with Crippen molar-refractivity contribution in [3.05, 3.63) is 36.0 Å². The highest BCUT2D eigenvalue weighted by Crippen LogP contribution is 2.20. The molecule has 5 nitrogen and oxygen atoms in total. The van der Waals surface area contributed by atoms with Crippen molar-refractivity contribution >= 4 is 17.5 Å². The second-order valence-electron chi connectivity index (χ2n) is 5.32. The first-order valence-corrected chi connectivity index (χ1v) is 7.60. The fraction of sp³-hybridized carbons (Fsp3) is 0.412. The van der Waals surface area contributed by atoms with E-state index in [1.54, 1.807) is 7.11 Å². The Morgan fingerprint density at radius 1 is 1.18 bits per heavy atom. The van der Waals surface area contributed by atoms with Gasteiger partial charge in [-0.15, -0.1) is 0 Å². The molecular weight excluding hydrogens is 276 g/mol. The van der Waals surface area contributed by atoms with Gasteiger partial charge in [0.15, 0.2) is 0 Å². The summed E-state index contributed by atoms with van der Waals surface area (Å²) in [6, 6.07) is 9.73. The van der Waals surface area contributed by atoms with Crippen LogP contribution in [0.2, 0.25) is 0 Å². The van der Waals surface area contributed by atoms with E-state index < -0.39 is 0 Å². The summed E-state index contributed by atoms with van der Waals surface area (Å²) in [5.74, 6) is 2.39. The van der Waals surface area contributed by atoms with Crippen molar-refractivity contribution in [2.75, 3.05) is 30.9 Å². The maximum atomic E-state index is 5.17. The molecule has 5 heteroatoms. The van der Waals surface area contributed by atoms with Gasteiger partial charge in [0.1, 0.15) is 11.6 Å². The zero-order chi connectivity index (χ0) is 15.9. The van der Waals surface area contributed by atoms with Gasteiger partial charge in [-0.2, -0.15) is 4.98 Å². The molecule has 0 atom stereocenters. The molecule has 0 saturated carbocycles. The lowest BCUT2D eigenvalue weighted by molar-refractivity contribution is 0.415. The van der Waals surface area contributed by atoms with Gasteiger partial charge in [0.25, 0.3) is 0 Å². The number of hydrogen-bond donors (Lipinski definition) is 1. The lowest BCUT2D eigenvalue weighted by Gasteiger charge is -2.18. The Morgan fingerprint density at radius 2 is 1.91 bits per heavy atom. The maximum absolute atomic E-state index is 5.17. The van der Waals surface area contributed by atoms with E-state index in [9.17, 15) is 0 Å². The van der Waals surface area contributed by atoms with Gasteiger partial charge in [-0.3, -0.25) is 0 Å². The Labute approximate surface area is 132 Å². The Kier molecular flexibility index (Phi) is 5.58. The number of hydrogen-bond acceptors (Lipinski definition) is 5. The molecule has 0 aliphatic carbocycles. The summed E-state index contributed by atoms with van der Waals surface area (Å²) in [5, 5.41) is 3.31. The van der Waals surface area contributed by atoms with Crippen LogP contribution < -0.4 is 15.0 Å². The van der Waals surface area contributed by atoms with Crippen LogP contribution in [-0.4, -0.2) is 30.7 Å². The fourth-order valence-corrected chi connectivity index (χ4v) is 2.11. The fourth-order valence-electron chi connectivity index (χ4n) is 2.11. The molecule has 0 saturated heterocycles. The van der Waals surface area contributed by atoms with Crippen LogP contribution in [0.5, 0.6) is 5.75 Å². The highest BCUT2D eigenvalue weighted by Gasteiger charge is 2.07. The van der Waals surface area contributed by atoms with Gasteiger partial charge in [-0.25, -0.2) is 4.98 Å². The summed E-state index contributed by atoms with van der Waals surface area (Å²) in [6.45, 7) is 5.13. The zero-order valence-electron chi connectivity index (χ0n) is 13.8. The number of unbranched alkanes of at least 4 members (excludes halogenated alkanes) is 1. The number of ether oxygens (including phenoxy) is 1. The molecule has 1 aromatic heterocycles. The largest absolute Gasteiger partial charge is 0.497 e. The molecule has 0 spiro atoms. The van der Waals surface area contributed by atoms with Gasteiger partial charge in [-0.05, 0) is 37.6 Å². The lowest BCUT2D eigenvalue weighted by Crippen LogP contribution is -2.21. The van der Waals surface area contributed by atoms with E-state index in [0.717, 1.165) is 48.3 Å². The zero-order valence-corrected chi connectivity index (χ0v) is 13.8. The van der Waals surface area contributed by atoms with Gasteiger partial charge in [0.05, 0.1) is 7.11 Å². The van der Waals surface area contributed by atoms with E-state index in [4.69, 9.17) is 4.74 Å². The number of methoxy groups -OCH3 is 1. The number of nitrogens with one attached hydrogen (secondary N) is 1. The van der Waals surface area contributed by atoms with Crippen molar-refractivity contribution in [3.8, 4) is 5.75 Å². The highest BCUT2D eigenvalue weighted by atomic mass is 16.5. The number of nitrogens with zero attached hydrogens (tertiary/aromatic N) is 3. The predicted molar refractivity (Wildman–Crippen MR) is 91.2 cm³/mol. The standard InChI is InChI=1S/C17H24N4O/c1-5-6-11-21(3)17-18-13(2)12-16(20-17)19-14-7-9-15(22-4)10-8-14/h7-10,12H,5-6,11H2,1-4H3,(H,18,19,20). The second-order valence-corrected chi connectivity index (χ2v) is 5.32. The second kappa shape index (κ2) is 7.64. The van der Waals surface area contributed by atoms with E-state index in [0.29, 0.717) is 0 Å². The predicted octanol–water partition coefficient (Wildman–Crippen LogP) is 3.77. The van der Waals surface area contributed by atoms with Crippen molar-refractivity contribution in [2.45, 2.75) is 26.7 Å². The molecule has 0 unspecified atom stereocenters. The molecule has 118 valence electrons. The number of aryl methyl sites for hydroxylation is 1. The third-order valence-corrected chi connectivity index (χ3v) is 3.39. The van der Waals surface area contributed by atoms with Gasteiger partial charge in [-0.1, -0.05) is 13.3 Å². The molecule has 0 radical (unpaired) electrons. The van der Waals surface area contributed by atoms with Crippen LogP contribution in [0.4, 0.5) is 17.5 Å². The molecule has 0 aliphatic rings. The summed E-state index contributed by atoms with van der Waals surface area (Å²) < 4.78 is 5.17. The Bertz CT molecular complexity index is 598. The van der Waals surface area contributed by atoms with E-state index in [-0.39, 0.29) is 0 Å². The molecule has 0 fully saturated rings. The minimum Gasteiger partial charge on any atom is -0.497 e. The van der Waals surface area contributed by atoms with Crippen LogP contribution in [0.3, 0.4) is 0 Å². The molecule has 2 rings (SSSR count). The third-order valence-electron chi connectivity index (χ3n) is 3.39. The van der Waals surface area contributed by atoms with Gasteiger partial charge in [0.2, 0.25) is 5.95 Å². The van der Waals surface area contributed by atoms with Crippen molar-refractivity contribution < 1.29 is 4.74 Å². The monoisotopic (exact) mass is 300 g/mol. The number of rotatable bonds is 7. The van der Waals surface area contributed by atoms with Crippen molar-refractivity contribution in [2.24, 2.45) is 0 Å². The summed E-state index contributed by atoms with van der Waals surface area (Å²) in [7, 11) is 3.69. The molecule has 0 bridgehead atoms.